The lowest BCUT2D eigenvalue weighted by Gasteiger charge is -2.35. The van der Waals surface area contributed by atoms with Gasteiger partial charge in [0.15, 0.2) is 0 Å². The first-order chi connectivity index (χ1) is 19.4. The maximum absolute atomic E-state index is 14.0. The summed E-state index contributed by atoms with van der Waals surface area (Å²) in [5, 5.41) is 6.47. The average molecular weight is 567 g/mol. The summed E-state index contributed by atoms with van der Waals surface area (Å²) in [4.78, 5) is 15.2. The minimum Gasteiger partial charge on any atom is -0.415 e. The smallest absolute Gasteiger partial charge is 0.314 e. The molecule has 1 aliphatic heterocycles. The molecule has 0 radical (unpaired) electrons. The monoisotopic (exact) mass is 566 g/mol. The molecule has 0 amide bonds. The van der Waals surface area contributed by atoms with Crippen LogP contribution in [0.4, 0.5) is 20.4 Å². The zero-order valence-electron chi connectivity index (χ0n) is 21.1. The van der Waals surface area contributed by atoms with E-state index in [9.17, 15) is 17.2 Å². The zero-order valence-corrected chi connectivity index (χ0v) is 21.9. The lowest BCUT2D eigenvalue weighted by molar-refractivity contribution is 0.116. The maximum Gasteiger partial charge on any atom is 0.314 e. The number of benzene rings is 1. The lowest BCUT2D eigenvalue weighted by Crippen LogP contribution is -2.45. The standard InChI is InChI=1S/C26H24F2N8O3S/c27-23(28)25-33-32-24(39-25)18-7-12-35-16-19(31-22(35)15-18)17-36(20-5-2-1-3-6-20)40(37,38)21-8-13-34(14-9-21)26-29-10-4-11-30-26/h1-7,10-12,15-16,21,23H,8-9,13-14,17H2. The van der Waals surface area contributed by atoms with Gasteiger partial charge in [-0.3, -0.25) is 4.31 Å². The topological polar surface area (TPSA) is 123 Å². The van der Waals surface area contributed by atoms with E-state index >= 15 is 0 Å². The van der Waals surface area contributed by atoms with Crippen LogP contribution in [0.5, 0.6) is 0 Å². The van der Waals surface area contributed by atoms with E-state index in [1.54, 1.807) is 71.7 Å². The second kappa shape index (κ2) is 10.6. The fourth-order valence-electron chi connectivity index (χ4n) is 4.74. The molecule has 11 nitrogen and oxygen atoms in total. The number of rotatable bonds is 8. The predicted molar refractivity (Wildman–Crippen MR) is 142 cm³/mol. The number of anilines is 2. The van der Waals surface area contributed by atoms with Crippen LogP contribution in [-0.2, 0) is 16.6 Å². The van der Waals surface area contributed by atoms with Gasteiger partial charge in [0.1, 0.15) is 5.65 Å². The quantitative estimate of drug-likeness (QED) is 0.273. The van der Waals surface area contributed by atoms with Crippen LogP contribution in [0.1, 0.15) is 30.9 Å². The van der Waals surface area contributed by atoms with Gasteiger partial charge in [0.25, 0.3) is 5.89 Å². The summed E-state index contributed by atoms with van der Waals surface area (Å²) in [7, 11) is -3.76. The van der Waals surface area contributed by atoms with Crippen LogP contribution in [0.25, 0.3) is 17.1 Å². The van der Waals surface area contributed by atoms with Gasteiger partial charge in [0, 0.05) is 43.4 Å². The summed E-state index contributed by atoms with van der Waals surface area (Å²) in [6.07, 6.45) is 4.75. The van der Waals surface area contributed by atoms with Gasteiger partial charge in [-0.15, -0.1) is 10.2 Å². The van der Waals surface area contributed by atoms with E-state index < -0.39 is 27.6 Å². The first-order valence-corrected chi connectivity index (χ1v) is 14.1. The Morgan fingerprint density at radius 3 is 2.48 bits per heavy atom. The first kappa shape index (κ1) is 25.8. The van der Waals surface area contributed by atoms with Crippen LogP contribution in [0.15, 0.2) is 77.7 Å². The fraction of sp³-hybridized carbons (Fsp3) is 0.269. The highest BCUT2D eigenvalue weighted by atomic mass is 32.2. The SMILES string of the molecule is O=S(=O)(C1CCN(c2ncccn2)CC1)N(Cc1cn2ccc(-c3nnc(C(F)F)o3)cc2n1)c1ccccc1. The Morgan fingerprint density at radius 1 is 1.02 bits per heavy atom. The highest BCUT2D eigenvalue weighted by molar-refractivity contribution is 7.93. The number of halogens is 2. The van der Waals surface area contributed by atoms with Crippen molar-refractivity contribution >= 4 is 27.3 Å². The van der Waals surface area contributed by atoms with Crippen molar-refractivity contribution in [1.82, 2.24) is 29.5 Å². The van der Waals surface area contributed by atoms with Gasteiger partial charge in [0.2, 0.25) is 21.9 Å². The molecule has 0 atom stereocenters. The number of fused-ring (bicyclic) bond motifs is 1. The number of hydrogen-bond donors (Lipinski definition) is 0. The molecular formula is C26H24F2N8O3S. The second-order valence-corrected chi connectivity index (χ2v) is 11.4. The number of aromatic nitrogens is 6. The molecule has 0 spiro atoms. The van der Waals surface area contributed by atoms with E-state index in [0.717, 1.165) is 0 Å². The van der Waals surface area contributed by atoms with E-state index in [2.05, 4.69) is 25.1 Å². The molecule has 1 aliphatic rings. The first-order valence-electron chi connectivity index (χ1n) is 12.6. The van der Waals surface area contributed by atoms with E-state index in [4.69, 9.17) is 4.42 Å². The van der Waals surface area contributed by atoms with E-state index in [0.29, 0.717) is 54.5 Å². The van der Waals surface area contributed by atoms with E-state index in [-0.39, 0.29) is 12.4 Å². The molecule has 4 aromatic heterocycles. The van der Waals surface area contributed by atoms with Gasteiger partial charge >= 0.3 is 6.43 Å². The van der Waals surface area contributed by atoms with Crippen molar-refractivity contribution in [3.63, 3.8) is 0 Å². The third-order valence-corrected chi connectivity index (χ3v) is 9.01. The summed E-state index contributed by atoms with van der Waals surface area (Å²) in [5.74, 6) is -0.221. The molecule has 14 heteroatoms. The number of sulfonamides is 1. The summed E-state index contributed by atoms with van der Waals surface area (Å²) < 4.78 is 61.9. The molecule has 0 saturated carbocycles. The Morgan fingerprint density at radius 2 is 1.77 bits per heavy atom. The molecule has 1 saturated heterocycles. The summed E-state index contributed by atoms with van der Waals surface area (Å²) >= 11 is 0. The van der Waals surface area contributed by atoms with Crippen LogP contribution >= 0.6 is 0 Å². The van der Waals surface area contributed by atoms with Gasteiger partial charge in [-0.25, -0.2) is 23.4 Å². The van der Waals surface area contributed by atoms with Gasteiger partial charge < -0.3 is 13.7 Å². The Labute approximate surface area is 228 Å². The number of imidazole rings is 1. The number of para-hydroxylation sites is 1. The predicted octanol–water partition coefficient (Wildman–Crippen LogP) is 4.12. The molecule has 6 rings (SSSR count). The highest BCUT2D eigenvalue weighted by Crippen LogP contribution is 2.29. The third kappa shape index (κ3) is 5.09. The van der Waals surface area contributed by atoms with Crippen LogP contribution in [-0.4, -0.2) is 56.3 Å². The zero-order chi connectivity index (χ0) is 27.7. The minimum atomic E-state index is -3.76. The van der Waals surface area contributed by atoms with Gasteiger partial charge in [-0.2, -0.15) is 8.78 Å². The van der Waals surface area contributed by atoms with Crippen molar-refractivity contribution in [3.8, 4) is 11.5 Å². The number of alkyl halides is 2. The molecule has 0 N–H and O–H groups in total. The lowest BCUT2D eigenvalue weighted by atomic mass is 10.1. The van der Waals surface area contributed by atoms with Crippen molar-refractivity contribution in [3.05, 3.63) is 84.9 Å². The maximum atomic E-state index is 14.0. The van der Waals surface area contributed by atoms with Crippen LogP contribution < -0.4 is 9.21 Å². The number of pyridine rings is 1. The molecule has 5 aromatic rings. The second-order valence-electron chi connectivity index (χ2n) is 9.28. The van der Waals surface area contributed by atoms with Crippen molar-refractivity contribution in [2.24, 2.45) is 0 Å². The van der Waals surface area contributed by atoms with Crippen LogP contribution in [0.3, 0.4) is 0 Å². The summed E-state index contributed by atoms with van der Waals surface area (Å²) in [6, 6.07) is 13.9. The fourth-order valence-corrected chi connectivity index (χ4v) is 6.63. The average Bonchev–Trinajstić information content (AvgIpc) is 3.64. The molecule has 0 bridgehead atoms. The summed E-state index contributed by atoms with van der Waals surface area (Å²) in [5.41, 5.74) is 1.95. The molecule has 206 valence electrons. The van der Waals surface area contributed by atoms with Crippen molar-refractivity contribution in [1.29, 1.82) is 0 Å². The third-order valence-electron chi connectivity index (χ3n) is 6.74. The molecule has 1 fully saturated rings. The molecule has 40 heavy (non-hydrogen) atoms. The van der Waals surface area contributed by atoms with Gasteiger partial charge in [0.05, 0.1) is 23.2 Å². The Hall–Kier alpha value is -4.46. The van der Waals surface area contributed by atoms with Crippen molar-refractivity contribution in [2.45, 2.75) is 31.1 Å². The van der Waals surface area contributed by atoms with Crippen molar-refractivity contribution < 1.29 is 21.6 Å². The van der Waals surface area contributed by atoms with Gasteiger partial charge in [-0.1, -0.05) is 18.2 Å². The van der Waals surface area contributed by atoms with Crippen LogP contribution in [0.2, 0.25) is 0 Å². The molecule has 1 aromatic carbocycles. The summed E-state index contributed by atoms with van der Waals surface area (Å²) in [6.45, 7) is 1.06. The number of piperidine rings is 1. The number of hydrogen-bond acceptors (Lipinski definition) is 9. The van der Waals surface area contributed by atoms with Gasteiger partial charge in [-0.05, 0) is 43.2 Å². The Kier molecular flexibility index (Phi) is 6.84. The molecule has 0 unspecified atom stereocenters. The molecule has 0 aliphatic carbocycles. The number of nitrogens with zero attached hydrogens (tertiary/aromatic N) is 8. The minimum absolute atomic E-state index is 0.0153. The normalized spacial score (nSPS) is 14.7. The van der Waals surface area contributed by atoms with Crippen LogP contribution in [0, 0.1) is 0 Å². The van der Waals surface area contributed by atoms with Crippen molar-refractivity contribution in [2.75, 3.05) is 22.3 Å². The Bertz CT molecular complexity index is 1710. The Balaban J connectivity index is 1.26. The highest BCUT2D eigenvalue weighted by Gasteiger charge is 2.36. The van der Waals surface area contributed by atoms with E-state index in [1.807, 2.05) is 11.0 Å². The molecular weight excluding hydrogens is 542 g/mol. The molecule has 5 heterocycles. The van der Waals surface area contributed by atoms with E-state index in [1.165, 1.54) is 4.31 Å². The largest absolute Gasteiger partial charge is 0.415 e.